The van der Waals surface area contributed by atoms with E-state index >= 15 is 0 Å². The molecule has 3 rings (SSSR count). The smallest absolute Gasteiger partial charge is 0.247 e. The highest BCUT2D eigenvalue weighted by molar-refractivity contribution is 5.92. The topological polar surface area (TPSA) is 29.5 Å². The second-order valence-electron chi connectivity index (χ2n) is 6.15. The van der Waals surface area contributed by atoms with Crippen LogP contribution in [0.15, 0.2) is 54.6 Å². The van der Waals surface area contributed by atoms with Crippen LogP contribution in [0.25, 0.3) is 6.08 Å². The maximum absolute atomic E-state index is 12.7. The molecule has 1 fully saturated rings. The van der Waals surface area contributed by atoms with Gasteiger partial charge in [0.25, 0.3) is 0 Å². The SMILES string of the molecule is COc1ccc(C2CCCN2C(=O)/C=C/c2ccccc2C)cc1. The number of benzene rings is 2. The first-order valence-electron chi connectivity index (χ1n) is 8.37. The van der Waals surface area contributed by atoms with Crippen LogP contribution in [0.1, 0.15) is 35.6 Å². The summed E-state index contributed by atoms with van der Waals surface area (Å²) in [4.78, 5) is 14.6. The van der Waals surface area contributed by atoms with E-state index in [9.17, 15) is 4.79 Å². The van der Waals surface area contributed by atoms with Gasteiger partial charge in [-0.25, -0.2) is 0 Å². The molecule has 0 aromatic heterocycles. The first-order chi connectivity index (χ1) is 11.7. The average molecular weight is 321 g/mol. The lowest BCUT2D eigenvalue weighted by Gasteiger charge is -2.24. The second-order valence-corrected chi connectivity index (χ2v) is 6.15. The van der Waals surface area contributed by atoms with Crippen molar-refractivity contribution in [2.24, 2.45) is 0 Å². The van der Waals surface area contributed by atoms with Gasteiger partial charge in [0.05, 0.1) is 13.2 Å². The summed E-state index contributed by atoms with van der Waals surface area (Å²) in [6, 6.07) is 16.3. The van der Waals surface area contributed by atoms with Crippen LogP contribution in [0.4, 0.5) is 0 Å². The summed E-state index contributed by atoms with van der Waals surface area (Å²) in [6.07, 6.45) is 5.67. The lowest BCUT2D eigenvalue weighted by molar-refractivity contribution is -0.126. The van der Waals surface area contributed by atoms with Crippen molar-refractivity contribution in [3.05, 3.63) is 71.3 Å². The molecule has 1 aliphatic rings. The zero-order valence-electron chi connectivity index (χ0n) is 14.2. The van der Waals surface area contributed by atoms with Crippen LogP contribution in [0, 0.1) is 6.92 Å². The molecule has 2 aromatic rings. The fourth-order valence-electron chi connectivity index (χ4n) is 3.23. The lowest BCUT2D eigenvalue weighted by atomic mass is 10.0. The fraction of sp³-hybridized carbons (Fsp3) is 0.286. The van der Waals surface area contributed by atoms with E-state index in [2.05, 4.69) is 25.1 Å². The minimum Gasteiger partial charge on any atom is -0.497 e. The first kappa shape index (κ1) is 16.3. The molecule has 1 atom stereocenters. The zero-order valence-corrected chi connectivity index (χ0v) is 14.2. The Bertz CT molecular complexity index is 734. The van der Waals surface area contributed by atoms with Crippen LogP contribution in [0.5, 0.6) is 5.75 Å². The van der Waals surface area contributed by atoms with Crippen LogP contribution in [-0.2, 0) is 4.79 Å². The number of carbonyl (C=O) groups is 1. The number of ether oxygens (including phenoxy) is 1. The van der Waals surface area contributed by atoms with Crippen molar-refractivity contribution in [2.75, 3.05) is 13.7 Å². The van der Waals surface area contributed by atoms with E-state index < -0.39 is 0 Å². The summed E-state index contributed by atoms with van der Waals surface area (Å²) in [7, 11) is 1.66. The van der Waals surface area contributed by atoms with Crippen LogP contribution in [0.3, 0.4) is 0 Å². The lowest BCUT2D eigenvalue weighted by Crippen LogP contribution is -2.28. The van der Waals surface area contributed by atoms with Gasteiger partial charge in [0.2, 0.25) is 5.91 Å². The Labute approximate surface area is 143 Å². The molecule has 0 saturated carbocycles. The molecule has 2 aromatic carbocycles. The molecule has 3 nitrogen and oxygen atoms in total. The summed E-state index contributed by atoms with van der Waals surface area (Å²) in [5, 5.41) is 0. The molecule has 3 heteroatoms. The number of hydrogen-bond donors (Lipinski definition) is 0. The molecule has 1 unspecified atom stereocenters. The number of methoxy groups -OCH3 is 1. The van der Waals surface area contributed by atoms with E-state index in [1.165, 1.54) is 11.1 Å². The van der Waals surface area contributed by atoms with Gasteiger partial charge in [-0.05, 0) is 54.7 Å². The third-order valence-electron chi connectivity index (χ3n) is 4.63. The van der Waals surface area contributed by atoms with Crippen LogP contribution in [0.2, 0.25) is 0 Å². The van der Waals surface area contributed by atoms with Crippen molar-refractivity contribution in [3.63, 3.8) is 0 Å². The van der Waals surface area contributed by atoms with Gasteiger partial charge in [0.1, 0.15) is 5.75 Å². The predicted octanol–water partition coefficient (Wildman–Crippen LogP) is 4.38. The molecule has 1 aliphatic heterocycles. The Morgan fingerprint density at radius 1 is 1.17 bits per heavy atom. The maximum Gasteiger partial charge on any atom is 0.247 e. The van der Waals surface area contributed by atoms with Gasteiger partial charge in [-0.3, -0.25) is 4.79 Å². The normalized spacial score (nSPS) is 17.4. The van der Waals surface area contributed by atoms with Crippen molar-refractivity contribution in [1.29, 1.82) is 0 Å². The van der Waals surface area contributed by atoms with E-state index in [0.29, 0.717) is 0 Å². The third-order valence-corrected chi connectivity index (χ3v) is 4.63. The molecular weight excluding hydrogens is 298 g/mol. The summed E-state index contributed by atoms with van der Waals surface area (Å²) in [6.45, 7) is 2.87. The number of nitrogens with zero attached hydrogens (tertiary/aromatic N) is 1. The van der Waals surface area contributed by atoms with Gasteiger partial charge in [0.15, 0.2) is 0 Å². The van der Waals surface area contributed by atoms with Gasteiger partial charge in [0, 0.05) is 12.6 Å². The van der Waals surface area contributed by atoms with Crippen LogP contribution < -0.4 is 4.74 Å². The molecule has 1 amide bonds. The molecule has 1 heterocycles. The number of amides is 1. The van der Waals surface area contributed by atoms with Crippen LogP contribution in [-0.4, -0.2) is 24.5 Å². The third kappa shape index (κ3) is 3.51. The molecule has 1 saturated heterocycles. The van der Waals surface area contributed by atoms with Crippen molar-refractivity contribution in [2.45, 2.75) is 25.8 Å². The van der Waals surface area contributed by atoms with Gasteiger partial charge < -0.3 is 9.64 Å². The van der Waals surface area contributed by atoms with Crippen molar-refractivity contribution >= 4 is 12.0 Å². The summed E-state index contributed by atoms with van der Waals surface area (Å²) < 4.78 is 5.21. The Balaban J connectivity index is 1.74. The highest BCUT2D eigenvalue weighted by atomic mass is 16.5. The summed E-state index contributed by atoms with van der Waals surface area (Å²) >= 11 is 0. The number of rotatable bonds is 4. The number of aryl methyl sites for hydroxylation is 1. The number of carbonyl (C=O) groups excluding carboxylic acids is 1. The molecule has 0 bridgehead atoms. The van der Waals surface area contributed by atoms with Crippen LogP contribution >= 0.6 is 0 Å². The zero-order chi connectivity index (χ0) is 16.9. The van der Waals surface area contributed by atoms with Gasteiger partial charge in [-0.2, -0.15) is 0 Å². The fourth-order valence-corrected chi connectivity index (χ4v) is 3.23. The molecule has 0 N–H and O–H groups in total. The van der Waals surface area contributed by atoms with E-state index in [1.807, 2.05) is 41.3 Å². The number of hydrogen-bond acceptors (Lipinski definition) is 2. The summed E-state index contributed by atoms with van der Waals surface area (Å²) in [5.41, 5.74) is 3.44. The highest BCUT2D eigenvalue weighted by Gasteiger charge is 2.28. The quantitative estimate of drug-likeness (QED) is 0.782. The first-order valence-corrected chi connectivity index (χ1v) is 8.37. The van der Waals surface area contributed by atoms with Crippen molar-refractivity contribution < 1.29 is 9.53 Å². The predicted molar refractivity (Wildman–Crippen MR) is 96.9 cm³/mol. The van der Waals surface area contributed by atoms with Gasteiger partial charge >= 0.3 is 0 Å². The molecule has 0 spiro atoms. The summed E-state index contributed by atoms with van der Waals surface area (Å²) in [5.74, 6) is 0.922. The van der Waals surface area contributed by atoms with Gasteiger partial charge in [-0.1, -0.05) is 36.4 Å². The molecule has 0 aliphatic carbocycles. The monoisotopic (exact) mass is 321 g/mol. The number of likely N-dealkylation sites (tertiary alicyclic amines) is 1. The molecule has 124 valence electrons. The van der Waals surface area contributed by atoms with Gasteiger partial charge in [-0.15, -0.1) is 0 Å². The maximum atomic E-state index is 12.7. The Hall–Kier alpha value is -2.55. The highest BCUT2D eigenvalue weighted by Crippen LogP contribution is 2.33. The molecule has 24 heavy (non-hydrogen) atoms. The van der Waals surface area contributed by atoms with E-state index in [1.54, 1.807) is 13.2 Å². The van der Waals surface area contributed by atoms with Crippen molar-refractivity contribution in [1.82, 2.24) is 4.90 Å². The minimum atomic E-state index is 0.0802. The largest absolute Gasteiger partial charge is 0.497 e. The minimum absolute atomic E-state index is 0.0802. The Kier molecular flexibility index (Phi) is 4.99. The Morgan fingerprint density at radius 3 is 2.62 bits per heavy atom. The van der Waals surface area contributed by atoms with E-state index in [0.717, 1.165) is 30.7 Å². The second kappa shape index (κ2) is 7.35. The van der Waals surface area contributed by atoms with E-state index in [4.69, 9.17) is 4.74 Å². The average Bonchev–Trinajstić information content (AvgIpc) is 3.10. The Morgan fingerprint density at radius 2 is 1.92 bits per heavy atom. The molecule has 0 radical (unpaired) electrons. The molecular formula is C21H23NO2. The standard InChI is InChI=1S/C21H23NO2/c1-16-6-3-4-7-17(16)11-14-21(23)22-15-5-8-20(22)18-9-12-19(24-2)13-10-18/h3-4,6-7,9-14,20H,5,8,15H2,1-2H3/b14-11+. The van der Waals surface area contributed by atoms with Crippen molar-refractivity contribution in [3.8, 4) is 5.75 Å². The van der Waals surface area contributed by atoms with E-state index in [-0.39, 0.29) is 11.9 Å².